The molecule has 2 aromatic rings. The van der Waals surface area contributed by atoms with Crippen LogP contribution in [0.1, 0.15) is 19.7 Å². The first-order valence-electron chi connectivity index (χ1n) is 5.54. The Balaban J connectivity index is 2.30. The third-order valence-electron chi connectivity index (χ3n) is 2.34. The molecule has 0 aliphatic carbocycles. The quantitative estimate of drug-likeness (QED) is 0.895. The molecule has 1 heterocycles. The Hall–Kier alpha value is -1.89. The number of hydrogen-bond acceptors (Lipinski definition) is 4. The highest BCUT2D eigenvalue weighted by molar-refractivity contribution is 5.33. The molecule has 0 fully saturated rings. The highest BCUT2D eigenvalue weighted by atomic mass is 19.1. The van der Waals surface area contributed by atoms with Crippen LogP contribution in [0, 0.1) is 11.6 Å². The second kappa shape index (κ2) is 5.18. The predicted molar refractivity (Wildman–Crippen MR) is 61.0 cm³/mol. The van der Waals surface area contributed by atoms with Crippen LogP contribution in [0.25, 0.3) is 5.69 Å². The Morgan fingerprint density at radius 2 is 2.11 bits per heavy atom. The fourth-order valence-electron chi connectivity index (χ4n) is 1.45. The molecule has 5 nitrogen and oxygen atoms in total. The molecule has 96 valence electrons. The molecule has 0 unspecified atom stereocenters. The maximum absolute atomic E-state index is 13.6. The average Bonchev–Trinajstić information content (AvgIpc) is 2.74. The van der Waals surface area contributed by atoms with E-state index in [0.717, 1.165) is 6.07 Å². The summed E-state index contributed by atoms with van der Waals surface area (Å²) < 4.78 is 27.7. The van der Waals surface area contributed by atoms with Gasteiger partial charge in [-0.05, 0) is 22.6 Å². The number of nitrogens with zero attached hydrogens (tertiary/aromatic N) is 4. The lowest BCUT2D eigenvalue weighted by Crippen LogP contribution is -2.24. The van der Waals surface area contributed by atoms with E-state index in [1.165, 1.54) is 16.8 Å². The molecule has 0 saturated heterocycles. The minimum absolute atomic E-state index is 0.127. The molecule has 0 saturated carbocycles. The lowest BCUT2D eigenvalue weighted by atomic mass is 10.3. The summed E-state index contributed by atoms with van der Waals surface area (Å²) in [5, 5.41) is 14.1. The van der Waals surface area contributed by atoms with E-state index in [4.69, 9.17) is 0 Å². The van der Waals surface area contributed by atoms with Gasteiger partial charge in [-0.3, -0.25) is 0 Å². The number of nitrogens with one attached hydrogen (secondary N) is 1. The van der Waals surface area contributed by atoms with Gasteiger partial charge in [-0.25, -0.2) is 8.78 Å². The van der Waals surface area contributed by atoms with Gasteiger partial charge in [0.05, 0.1) is 6.54 Å². The SMILES string of the molecule is CC(C)NCc1nnnn1-c1ccc(F)cc1F. The van der Waals surface area contributed by atoms with E-state index in [1.54, 1.807) is 0 Å². The van der Waals surface area contributed by atoms with Gasteiger partial charge in [-0.2, -0.15) is 4.68 Å². The standard InChI is InChI=1S/C11H13F2N5/c1-7(2)14-6-11-15-16-17-18(11)10-4-3-8(12)5-9(10)13/h3-5,7,14H,6H2,1-2H3. The van der Waals surface area contributed by atoms with Gasteiger partial charge in [0.25, 0.3) is 0 Å². The van der Waals surface area contributed by atoms with Crippen LogP contribution in [0.3, 0.4) is 0 Å². The summed E-state index contributed by atoms with van der Waals surface area (Å²) in [5.74, 6) is -0.867. The summed E-state index contributed by atoms with van der Waals surface area (Å²) in [5.41, 5.74) is 0.127. The topological polar surface area (TPSA) is 55.6 Å². The van der Waals surface area contributed by atoms with Gasteiger partial charge in [0.2, 0.25) is 0 Å². The van der Waals surface area contributed by atoms with E-state index >= 15 is 0 Å². The molecule has 1 N–H and O–H groups in total. The Morgan fingerprint density at radius 1 is 1.33 bits per heavy atom. The molecular formula is C11H13F2N5. The van der Waals surface area contributed by atoms with Crippen LogP contribution in [0.5, 0.6) is 0 Å². The Kier molecular flexibility index (Phi) is 3.61. The van der Waals surface area contributed by atoms with Gasteiger partial charge < -0.3 is 5.32 Å². The summed E-state index contributed by atoms with van der Waals surface area (Å²) >= 11 is 0. The zero-order valence-corrected chi connectivity index (χ0v) is 10.1. The third-order valence-corrected chi connectivity index (χ3v) is 2.34. The van der Waals surface area contributed by atoms with E-state index in [1.807, 2.05) is 13.8 Å². The van der Waals surface area contributed by atoms with Gasteiger partial charge >= 0.3 is 0 Å². The number of hydrogen-bond donors (Lipinski definition) is 1. The fourth-order valence-corrected chi connectivity index (χ4v) is 1.45. The maximum Gasteiger partial charge on any atom is 0.170 e. The minimum atomic E-state index is -0.701. The third kappa shape index (κ3) is 2.67. The van der Waals surface area contributed by atoms with E-state index in [0.29, 0.717) is 12.4 Å². The molecule has 0 atom stereocenters. The number of tetrazole rings is 1. The number of rotatable bonds is 4. The number of benzene rings is 1. The molecule has 0 aliphatic rings. The molecule has 0 aliphatic heterocycles. The summed E-state index contributed by atoms with van der Waals surface area (Å²) in [6.45, 7) is 4.36. The second-order valence-electron chi connectivity index (χ2n) is 4.14. The smallest absolute Gasteiger partial charge is 0.170 e. The van der Waals surface area contributed by atoms with Crippen LogP contribution in [0.15, 0.2) is 18.2 Å². The lowest BCUT2D eigenvalue weighted by molar-refractivity contribution is 0.548. The van der Waals surface area contributed by atoms with Crippen molar-refractivity contribution in [3.8, 4) is 5.69 Å². The maximum atomic E-state index is 13.6. The van der Waals surface area contributed by atoms with Crippen molar-refractivity contribution < 1.29 is 8.78 Å². The van der Waals surface area contributed by atoms with E-state index in [2.05, 4.69) is 20.8 Å². The monoisotopic (exact) mass is 253 g/mol. The van der Waals surface area contributed by atoms with Crippen molar-refractivity contribution in [2.24, 2.45) is 0 Å². The molecule has 0 amide bonds. The lowest BCUT2D eigenvalue weighted by Gasteiger charge is -2.08. The molecule has 0 radical (unpaired) electrons. The molecular weight excluding hydrogens is 240 g/mol. The van der Waals surface area contributed by atoms with Crippen LogP contribution in [0.4, 0.5) is 8.78 Å². The summed E-state index contributed by atoms with van der Waals surface area (Å²) in [7, 11) is 0. The van der Waals surface area contributed by atoms with Gasteiger partial charge in [-0.1, -0.05) is 13.8 Å². The van der Waals surface area contributed by atoms with Crippen LogP contribution in [0.2, 0.25) is 0 Å². The number of halogens is 2. The van der Waals surface area contributed by atoms with Crippen LogP contribution in [-0.2, 0) is 6.54 Å². The Labute approximate surface area is 103 Å². The zero-order chi connectivity index (χ0) is 13.1. The zero-order valence-electron chi connectivity index (χ0n) is 10.1. The van der Waals surface area contributed by atoms with Gasteiger partial charge in [0.15, 0.2) is 11.6 Å². The Morgan fingerprint density at radius 3 is 2.78 bits per heavy atom. The predicted octanol–water partition coefficient (Wildman–Crippen LogP) is 1.44. The van der Waals surface area contributed by atoms with Crippen molar-refractivity contribution in [2.45, 2.75) is 26.4 Å². The number of aromatic nitrogens is 4. The first-order chi connectivity index (χ1) is 8.58. The van der Waals surface area contributed by atoms with Crippen molar-refractivity contribution >= 4 is 0 Å². The first kappa shape index (κ1) is 12.6. The highest BCUT2D eigenvalue weighted by Gasteiger charge is 2.13. The highest BCUT2D eigenvalue weighted by Crippen LogP contribution is 2.14. The average molecular weight is 253 g/mol. The molecule has 0 spiro atoms. The largest absolute Gasteiger partial charge is 0.308 e. The van der Waals surface area contributed by atoms with E-state index in [9.17, 15) is 8.78 Å². The van der Waals surface area contributed by atoms with Gasteiger partial charge in [0.1, 0.15) is 11.5 Å². The normalized spacial score (nSPS) is 11.2. The van der Waals surface area contributed by atoms with Crippen LogP contribution in [-0.4, -0.2) is 26.2 Å². The van der Waals surface area contributed by atoms with Crippen LogP contribution < -0.4 is 5.32 Å². The Bertz CT molecular complexity index is 538. The van der Waals surface area contributed by atoms with Gasteiger partial charge in [-0.15, -0.1) is 5.10 Å². The van der Waals surface area contributed by atoms with Gasteiger partial charge in [0, 0.05) is 12.1 Å². The van der Waals surface area contributed by atoms with Crippen molar-refractivity contribution in [1.82, 2.24) is 25.5 Å². The van der Waals surface area contributed by atoms with Crippen molar-refractivity contribution in [2.75, 3.05) is 0 Å². The molecule has 7 heteroatoms. The first-order valence-corrected chi connectivity index (χ1v) is 5.54. The van der Waals surface area contributed by atoms with E-state index in [-0.39, 0.29) is 11.7 Å². The van der Waals surface area contributed by atoms with Crippen LogP contribution >= 0.6 is 0 Å². The van der Waals surface area contributed by atoms with Crippen molar-refractivity contribution in [3.05, 3.63) is 35.7 Å². The van der Waals surface area contributed by atoms with Crippen molar-refractivity contribution in [1.29, 1.82) is 0 Å². The second-order valence-corrected chi connectivity index (χ2v) is 4.14. The molecule has 1 aromatic heterocycles. The molecule has 18 heavy (non-hydrogen) atoms. The summed E-state index contributed by atoms with van der Waals surface area (Å²) in [4.78, 5) is 0. The molecule has 1 aromatic carbocycles. The molecule has 2 rings (SSSR count). The minimum Gasteiger partial charge on any atom is -0.308 e. The summed E-state index contributed by atoms with van der Waals surface area (Å²) in [6.07, 6.45) is 0. The molecule has 0 bridgehead atoms. The van der Waals surface area contributed by atoms with Crippen molar-refractivity contribution in [3.63, 3.8) is 0 Å². The fraction of sp³-hybridized carbons (Fsp3) is 0.364. The van der Waals surface area contributed by atoms with E-state index < -0.39 is 11.6 Å². The summed E-state index contributed by atoms with van der Waals surface area (Å²) in [6, 6.07) is 3.53.